The SMILES string of the molecule is [3H]C(O)C[CH-]C[Si]CCC.[U]. The van der Waals surface area contributed by atoms with Crippen LogP contribution < -0.4 is 0 Å². The normalized spacial score (nSPS) is 13.6. The van der Waals surface area contributed by atoms with Crippen LogP contribution in [0.4, 0.5) is 0 Å². The standard InChI is InChI=1S/C7H15OSi.U/c1-2-6-9-7-4-3-5-8;/h4,8H,2-3,5-7H2,1H3;/q-1;/i5T;. The van der Waals surface area contributed by atoms with E-state index in [1.807, 2.05) is 6.42 Å². The minimum atomic E-state index is -0.897. The average Bonchev–Trinajstić information content (AvgIpc) is 1.87. The first-order valence-corrected chi connectivity index (χ1v) is 4.81. The van der Waals surface area contributed by atoms with Crippen molar-refractivity contribution in [3.63, 3.8) is 0 Å². The van der Waals surface area contributed by atoms with Crippen molar-refractivity contribution in [1.82, 2.24) is 0 Å². The molecule has 0 saturated carbocycles. The molecule has 0 heterocycles. The Labute approximate surface area is 91.6 Å². The maximum atomic E-state index is 8.55. The van der Waals surface area contributed by atoms with Crippen LogP contribution in [0.15, 0.2) is 0 Å². The molecule has 0 aromatic carbocycles. The van der Waals surface area contributed by atoms with E-state index in [0.717, 1.165) is 15.6 Å². The van der Waals surface area contributed by atoms with Gasteiger partial charge in [-0.05, 0) is 0 Å². The topological polar surface area (TPSA) is 20.2 Å². The molecule has 10 heavy (non-hydrogen) atoms. The molecule has 0 fully saturated rings. The Balaban J connectivity index is 0. The summed E-state index contributed by atoms with van der Waals surface area (Å²) in [6.07, 6.45) is 3.78. The van der Waals surface area contributed by atoms with Crippen LogP contribution in [0.3, 0.4) is 0 Å². The van der Waals surface area contributed by atoms with Gasteiger partial charge in [0.05, 0.1) is 1.37 Å². The molecule has 0 aliphatic heterocycles. The Kier molecular flexibility index (Phi) is 14.4. The minimum absolute atomic E-state index is 0. The summed E-state index contributed by atoms with van der Waals surface area (Å²) in [4.78, 5) is 0. The number of hydrogen-bond acceptors (Lipinski definition) is 1. The van der Waals surface area contributed by atoms with Crippen LogP contribution in [-0.2, 0) is 0 Å². The third kappa shape index (κ3) is 12.0. The molecular weight excluding hydrogens is 366 g/mol. The molecule has 1 atom stereocenters. The van der Waals surface area contributed by atoms with Crippen LogP contribution in [-0.4, -0.2) is 21.2 Å². The molecule has 0 aromatic heterocycles. The van der Waals surface area contributed by atoms with Crippen LogP contribution in [0, 0.1) is 37.5 Å². The van der Waals surface area contributed by atoms with Gasteiger partial charge >= 0.3 is 0 Å². The van der Waals surface area contributed by atoms with Crippen LogP contribution in [0.25, 0.3) is 0 Å². The third-order valence-electron chi connectivity index (χ3n) is 0.988. The molecule has 0 spiro atoms. The van der Waals surface area contributed by atoms with Gasteiger partial charge in [0.1, 0.15) is 0 Å². The zero-order chi connectivity index (χ0) is 7.82. The summed E-state index contributed by atoms with van der Waals surface area (Å²) in [5, 5.41) is 8.55. The monoisotopic (exact) mass is 383 g/mol. The van der Waals surface area contributed by atoms with Crippen molar-refractivity contribution < 1.29 is 37.6 Å². The molecule has 0 aliphatic rings. The van der Waals surface area contributed by atoms with E-state index in [1.54, 1.807) is 0 Å². The predicted octanol–water partition coefficient (Wildman–Crippen LogP) is 1.52. The van der Waals surface area contributed by atoms with E-state index in [9.17, 15) is 0 Å². The molecule has 1 nitrogen and oxygen atoms in total. The molecule has 1 unspecified atom stereocenters. The summed E-state index contributed by atoms with van der Waals surface area (Å²) in [7, 11) is 0.982. The second-order valence-electron chi connectivity index (χ2n) is 1.91. The van der Waals surface area contributed by atoms with Crippen molar-refractivity contribution in [3.8, 4) is 0 Å². The number of rotatable bonds is 6. The molecule has 58 valence electrons. The summed E-state index contributed by atoms with van der Waals surface area (Å²) in [5.74, 6) is 0. The summed E-state index contributed by atoms with van der Waals surface area (Å²) in [6, 6.07) is 2.36. The molecule has 2 radical (unpaired) electrons. The zero-order valence-corrected chi connectivity index (χ0v) is 11.6. The number of aliphatic hydroxyl groups is 1. The van der Waals surface area contributed by atoms with Crippen molar-refractivity contribution in [2.24, 2.45) is 0 Å². The Morgan fingerprint density at radius 3 is 2.90 bits per heavy atom. The van der Waals surface area contributed by atoms with Crippen LogP contribution >= 0.6 is 0 Å². The van der Waals surface area contributed by atoms with Crippen LogP contribution in [0.1, 0.15) is 21.1 Å². The van der Waals surface area contributed by atoms with Gasteiger partial charge in [0.25, 0.3) is 0 Å². The predicted molar refractivity (Wildman–Crippen MR) is 41.7 cm³/mol. The number of hydrogen-bond donors (Lipinski definition) is 1. The molecular formula is C7H15OSiU-. The van der Waals surface area contributed by atoms with Crippen molar-refractivity contribution in [1.29, 1.82) is 0 Å². The van der Waals surface area contributed by atoms with Gasteiger partial charge in [0.15, 0.2) is 0 Å². The van der Waals surface area contributed by atoms with E-state index in [2.05, 4.69) is 6.92 Å². The molecule has 0 bridgehead atoms. The van der Waals surface area contributed by atoms with E-state index in [0.29, 0.717) is 6.42 Å². The first-order valence-electron chi connectivity index (χ1n) is 3.97. The van der Waals surface area contributed by atoms with Gasteiger partial charge in [-0.2, -0.15) is 12.5 Å². The smallest absolute Gasteiger partial charge is 0.0537 e. The Morgan fingerprint density at radius 2 is 2.40 bits per heavy atom. The molecule has 3 heteroatoms. The second kappa shape index (κ2) is 12.9. The Morgan fingerprint density at radius 1 is 1.70 bits per heavy atom. The second-order valence-corrected chi connectivity index (χ2v) is 3.32. The summed E-state index contributed by atoms with van der Waals surface area (Å²) < 4.78 is 6.79. The van der Waals surface area contributed by atoms with Crippen molar-refractivity contribution in [2.75, 3.05) is 6.58 Å². The fourth-order valence-corrected chi connectivity index (χ4v) is 1.47. The van der Waals surface area contributed by atoms with Gasteiger partial charge in [-0.15, -0.1) is 0 Å². The van der Waals surface area contributed by atoms with Gasteiger partial charge in [-0.3, -0.25) is 0 Å². The maximum Gasteiger partial charge on any atom is 0.0537 e. The van der Waals surface area contributed by atoms with Crippen LogP contribution in [0.2, 0.25) is 12.1 Å². The van der Waals surface area contributed by atoms with Crippen molar-refractivity contribution in [2.45, 2.75) is 31.9 Å². The Bertz CT molecular complexity index is 73.5. The fraction of sp³-hybridized carbons (Fsp3) is 0.857. The molecule has 0 rings (SSSR count). The molecule has 0 amide bonds. The molecule has 1 N–H and O–H groups in total. The minimum Gasteiger partial charge on any atom is -0.399 e. The first-order chi connectivity index (χ1) is 4.77. The van der Waals surface area contributed by atoms with Gasteiger partial charge in [-0.1, -0.05) is 19.4 Å². The fourth-order valence-electron chi connectivity index (χ4n) is 0.539. The Hall–Kier alpha value is 1.23. The third-order valence-corrected chi connectivity index (χ3v) is 2.42. The number of aliphatic hydroxyl groups excluding tert-OH is 1. The molecule has 0 aliphatic carbocycles. The van der Waals surface area contributed by atoms with E-state index < -0.39 is 6.58 Å². The van der Waals surface area contributed by atoms with E-state index in [1.165, 1.54) is 12.5 Å². The summed E-state index contributed by atoms with van der Waals surface area (Å²) in [5.41, 5.74) is 0. The van der Waals surface area contributed by atoms with Gasteiger partial charge in [-0.25, -0.2) is 0 Å². The van der Waals surface area contributed by atoms with E-state index >= 15 is 0 Å². The summed E-state index contributed by atoms with van der Waals surface area (Å²) in [6.45, 7) is 1.28. The van der Waals surface area contributed by atoms with E-state index in [-0.39, 0.29) is 31.1 Å². The molecule has 0 aromatic rings. The maximum absolute atomic E-state index is 8.55. The summed E-state index contributed by atoms with van der Waals surface area (Å²) >= 11 is 0. The quantitative estimate of drug-likeness (QED) is 0.419. The van der Waals surface area contributed by atoms with Gasteiger partial charge in [0.2, 0.25) is 0 Å². The van der Waals surface area contributed by atoms with Crippen molar-refractivity contribution >= 4 is 9.52 Å². The van der Waals surface area contributed by atoms with Gasteiger partial charge < -0.3 is 11.5 Å². The zero-order valence-electron chi connectivity index (χ0n) is 7.43. The van der Waals surface area contributed by atoms with Gasteiger partial charge in [0, 0.05) is 47.2 Å². The van der Waals surface area contributed by atoms with Crippen molar-refractivity contribution in [3.05, 3.63) is 6.42 Å². The van der Waals surface area contributed by atoms with E-state index in [4.69, 9.17) is 6.48 Å². The first kappa shape index (κ1) is 11.2. The van der Waals surface area contributed by atoms with Crippen LogP contribution in [0.5, 0.6) is 0 Å². The average molecular weight is 383 g/mol. The largest absolute Gasteiger partial charge is 0.399 e. The molecule has 0 saturated heterocycles.